The van der Waals surface area contributed by atoms with Crippen molar-refractivity contribution in [3.63, 3.8) is 0 Å². The van der Waals surface area contributed by atoms with Gasteiger partial charge in [0.15, 0.2) is 0 Å². The first-order chi connectivity index (χ1) is 9.20. The predicted molar refractivity (Wildman–Crippen MR) is 67.2 cm³/mol. The molecule has 2 aromatic rings. The van der Waals surface area contributed by atoms with E-state index in [0.717, 1.165) is 24.2 Å². The minimum Gasteiger partial charge on any atom is -0.478 e. The van der Waals surface area contributed by atoms with Gasteiger partial charge >= 0.3 is 5.97 Å². The van der Waals surface area contributed by atoms with E-state index in [2.05, 4.69) is 11.2 Å². The number of nitrogens with zero attached hydrogens (tertiary/aromatic N) is 3. The zero-order valence-corrected chi connectivity index (χ0v) is 10.1. The van der Waals surface area contributed by atoms with E-state index in [0.29, 0.717) is 5.56 Å². The first kappa shape index (κ1) is 11.5. The Hall–Kier alpha value is -2.61. The Kier molecular flexibility index (Phi) is 2.57. The zero-order chi connectivity index (χ0) is 13.4. The van der Waals surface area contributed by atoms with Crippen molar-refractivity contribution in [2.75, 3.05) is 0 Å². The van der Waals surface area contributed by atoms with Crippen molar-refractivity contribution in [1.29, 1.82) is 5.26 Å². The number of hydrogen-bond donors (Lipinski definition) is 1. The van der Waals surface area contributed by atoms with E-state index in [1.807, 2.05) is 0 Å². The summed E-state index contributed by atoms with van der Waals surface area (Å²) in [6.45, 7) is 0. The topological polar surface area (TPSA) is 78.9 Å². The summed E-state index contributed by atoms with van der Waals surface area (Å²) in [6.07, 6.45) is 3.40. The molecule has 0 spiro atoms. The van der Waals surface area contributed by atoms with Crippen molar-refractivity contribution in [1.82, 2.24) is 9.78 Å². The number of aromatic carboxylic acids is 1. The summed E-state index contributed by atoms with van der Waals surface area (Å²) in [5.41, 5.74) is 2.39. The van der Waals surface area contributed by atoms with Gasteiger partial charge in [0.05, 0.1) is 29.2 Å². The van der Waals surface area contributed by atoms with Gasteiger partial charge in [-0.1, -0.05) is 0 Å². The normalized spacial score (nSPS) is 14.1. The fourth-order valence-corrected chi connectivity index (χ4v) is 2.16. The van der Waals surface area contributed by atoms with Gasteiger partial charge in [-0.05, 0) is 37.1 Å². The molecule has 0 radical (unpaired) electrons. The second kappa shape index (κ2) is 4.25. The minimum absolute atomic E-state index is 0.270. The molecule has 19 heavy (non-hydrogen) atoms. The molecular formula is C14H11N3O2. The van der Waals surface area contributed by atoms with E-state index in [1.165, 1.54) is 6.20 Å². The number of carbonyl (C=O) groups is 1. The number of nitriles is 1. The lowest BCUT2D eigenvalue weighted by Gasteiger charge is -2.07. The molecule has 0 amide bonds. The van der Waals surface area contributed by atoms with Crippen LogP contribution in [0.2, 0.25) is 0 Å². The Morgan fingerprint density at radius 3 is 2.58 bits per heavy atom. The van der Waals surface area contributed by atoms with Gasteiger partial charge < -0.3 is 5.11 Å². The third-order valence-electron chi connectivity index (χ3n) is 3.24. The van der Waals surface area contributed by atoms with E-state index in [1.54, 1.807) is 28.9 Å². The highest BCUT2D eigenvalue weighted by molar-refractivity contribution is 5.89. The molecule has 94 valence electrons. The van der Waals surface area contributed by atoms with Crippen molar-refractivity contribution in [3.05, 3.63) is 47.3 Å². The Balaban J connectivity index is 2.09. The maximum absolute atomic E-state index is 11.2. The van der Waals surface area contributed by atoms with E-state index < -0.39 is 5.97 Å². The number of benzene rings is 1. The molecule has 0 bridgehead atoms. The standard InChI is InChI=1S/C14H11N3O2/c15-7-9-1-5-11(6-2-9)17-13(10-3-4-10)12(8-16-17)14(18)19/h1-2,5-6,8,10H,3-4H2,(H,18,19). The molecule has 1 aromatic carbocycles. The third kappa shape index (κ3) is 1.97. The van der Waals surface area contributed by atoms with Gasteiger partial charge in [0.25, 0.3) is 0 Å². The lowest BCUT2D eigenvalue weighted by atomic mass is 10.1. The second-order valence-electron chi connectivity index (χ2n) is 4.59. The molecule has 1 aliphatic rings. The molecular weight excluding hydrogens is 242 g/mol. The number of aromatic nitrogens is 2. The molecule has 3 rings (SSSR count). The summed E-state index contributed by atoms with van der Waals surface area (Å²) in [4.78, 5) is 11.2. The predicted octanol–water partition coefficient (Wildman–Crippen LogP) is 2.32. The number of carboxylic acid groups (broad SMARTS) is 1. The highest BCUT2D eigenvalue weighted by Crippen LogP contribution is 2.42. The summed E-state index contributed by atoms with van der Waals surface area (Å²) in [6, 6.07) is 9.02. The summed E-state index contributed by atoms with van der Waals surface area (Å²) < 4.78 is 1.67. The smallest absolute Gasteiger partial charge is 0.339 e. The highest BCUT2D eigenvalue weighted by atomic mass is 16.4. The molecule has 0 saturated heterocycles. The van der Waals surface area contributed by atoms with Crippen molar-refractivity contribution < 1.29 is 9.90 Å². The highest BCUT2D eigenvalue weighted by Gasteiger charge is 2.32. The maximum atomic E-state index is 11.2. The Labute approximate surface area is 109 Å². The molecule has 5 nitrogen and oxygen atoms in total. The molecule has 1 saturated carbocycles. The van der Waals surface area contributed by atoms with Crippen LogP contribution in [0.1, 0.15) is 40.4 Å². The molecule has 0 atom stereocenters. The average Bonchev–Trinajstić information content (AvgIpc) is 3.17. The van der Waals surface area contributed by atoms with Crippen molar-refractivity contribution in [3.8, 4) is 11.8 Å². The SMILES string of the molecule is N#Cc1ccc(-n2ncc(C(=O)O)c2C2CC2)cc1. The van der Waals surface area contributed by atoms with Crippen LogP contribution in [0.3, 0.4) is 0 Å². The van der Waals surface area contributed by atoms with Gasteiger partial charge in [-0.3, -0.25) is 0 Å². The van der Waals surface area contributed by atoms with Crippen molar-refractivity contribution in [2.45, 2.75) is 18.8 Å². The zero-order valence-electron chi connectivity index (χ0n) is 10.1. The third-order valence-corrected chi connectivity index (χ3v) is 3.24. The molecule has 1 aromatic heterocycles. The van der Waals surface area contributed by atoms with Crippen LogP contribution in [0.4, 0.5) is 0 Å². The van der Waals surface area contributed by atoms with Gasteiger partial charge in [0.1, 0.15) is 5.56 Å². The Bertz CT molecular complexity index is 676. The van der Waals surface area contributed by atoms with E-state index in [-0.39, 0.29) is 11.5 Å². The second-order valence-corrected chi connectivity index (χ2v) is 4.59. The van der Waals surface area contributed by atoms with E-state index in [9.17, 15) is 9.90 Å². The van der Waals surface area contributed by atoms with Crippen LogP contribution in [0.5, 0.6) is 0 Å². The summed E-state index contributed by atoms with van der Waals surface area (Å²) >= 11 is 0. The first-order valence-corrected chi connectivity index (χ1v) is 6.02. The van der Waals surface area contributed by atoms with E-state index >= 15 is 0 Å². The van der Waals surface area contributed by atoms with Crippen molar-refractivity contribution >= 4 is 5.97 Å². The van der Waals surface area contributed by atoms with Crippen LogP contribution in [-0.4, -0.2) is 20.9 Å². The molecule has 1 N–H and O–H groups in total. The van der Waals surface area contributed by atoms with Gasteiger partial charge in [-0.25, -0.2) is 9.48 Å². The van der Waals surface area contributed by atoms with Crippen LogP contribution in [0.25, 0.3) is 5.69 Å². The molecule has 1 heterocycles. The Morgan fingerprint density at radius 2 is 2.05 bits per heavy atom. The van der Waals surface area contributed by atoms with Gasteiger partial charge in [0.2, 0.25) is 0 Å². The number of carboxylic acids is 1. The van der Waals surface area contributed by atoms with Crippen LogP contribution < -0.4 is 0 Å². The fraction of sp³-hybridized carbons (Fsp3) is 0.214. The van der Waals surface area contributed by atoms with Crippen LogP contribution in [0, 0.1) is 11.3 Å². The fourth-order valence-electron chi connectivity index (χ4n) is 2.16. The Morgan fingerprint density at radius 1 is 1.37 bits per heavy atom. The first-order valence-electron chi connectivity index (χ1n) is 6.02. The van der Waals surface area contributed by atoms with Gasteiger partial charge in [0, 0.05) is 5.92 Å². The van der Waals surface area contributed by atoms with Gasteiger partial charge in [-0.15, -0.1) is 0 Å². The molecule has 5 heteroatoms. The van der Waals surface area contributed by atoms with Gasteiger partial charge in [-0.2, -0.15) is 10.4 Å². The molecule has 0 unspecified atom stereocenters. The van der Waals surface area contributed by atoms with Crippen molar-refractivity contribution in [2.24, 2.45) is 0 Å². The average molecular weight is 253 g/mol. The minimum atomic E-state index is -0.943. The lowest BCUT2D eigenvalue weighted by molar-refractivity contribution is 0.0695. The maximum Gasteiger partial charge on any atom is 0.339 e. The van der Waals surface area contributed by atoms with Crippen LogP contribution in [-0.2, 0) is 0 Å². The largest absolute Gasteiger partial charge is 0.478 e. The lowest BCUT2D eigenvalue weighted by Crippen LogP contribution is -2.05. The summed E-state index contributed by atoms with van der Waals surface area (Å²) in [5, 5.41) is 22.1. The number of rotatable bonds is 3. The monoisotopic (exact) mass is 253 g/mol. The molecule has 1 fully saturated rings. The molecule has 1 aliphatic carbocycles. The van der Waals surface area contributed by atoms with E-state index in [4.69, 9.17) is 5.26 Å². The summed E-state index contributed by atoms with van der Waals surface area (Å²) in [7, 11) is 0. The molecule has 0 aliphatic heterocycles. The number of hydrogen-bond acceptors (Lipinski definition) is 3. The summed E-state index contributed by atoms with van der Waals surface area (Å²) in [5.74, 6) is -0.661. The van der Waals surface area contributed by atoms with Crippen LogP contribution in [0.15, 0.2) is 30.5 Å². The quantitative estimate of drug-likeness (QED) is 0.910. The van der Waals surface area contributed by atoms with Crippen LogP contribution >= 0.6 is 0 Å².